The lowest BCUT2D eigenvalue weighted by molar-refractivity contribution is 0.212. The van der Waals surface area contributed by atoms with E-state index in [1.54, 1.807) is 0 Å². The highest BCUT2D eigenvalue weighted by molar-refractivity contribution is 7.71. The fraction of sp³-hybridized carbons (Fsp3) is 0.750. The minimum absolute atomic E-state index is 0.375. The summed E-state index contributed by atoms with van der Waals surface area (Å²) in [6.07, 6.45) is 2.32. The number of nitrogens with two attached hydrogens (primary N) is 1. The van der Waals surface area contributed by atoms with Gasteiger partial charge in [-0.05, 0) is 38.7 Å². The largest absolute Gasteiger partial charge is 0.368 e. The van der Waals surface area contributed by atoms with Crippen LogP contribution in [0, 0.1) is 4.77 Å². The summed E-state index contributed by atoms with van der Waals surface area (Å²) < 4.78 is 2.55. The second-order valence-electron chi connectivity index (χ2n) is 3.82. The Morgan fingerprint density at radius 3 is 3.00 bits per heavy atom. The lowest BCUT2D eigenvalue weighted by atomic mass is 10.1. The molecule has 1 unspecified atom stereocenters. The van der Waals surface area contributed by atoms with Gasteiger partial charge in [0.2, 0.25) is 5.95 Å². The summed E-state index contributed by atoms with van der Waals surface area (Å²) >= 11 is 5.14. The monoisotopic (exact) mass is 213 g/mol. The van der Waals surface area contributed by atoms with Crippen LogP contribution < -0.4 is 5.73 Å². The molecule has 5 nitrogen and oxygen atoms in total. The van der Waals surface area contributed by atoms with E-state index in [0.29, 0.717) is 16.8 Å². The van der Waals surface area contributed by atoms with Crippen molar-refractivity contribution in [2.24, 2.45) is 0 Å². The van der Waals surface area contributed by atoms with Crippen LogP contribution in [0.15, 0.2) is 0 Å². The molecule has 1 saturated heterocycles. The fourth-order valence-corrected chi connectivity index (χ4v) is 2.31. The van der Waals surface area contributed by atoms with Crippen LogP contribution in [0.2, 0.25) is 0 Å². The van der Waals surface area contributed by atoms with Crippen LogP contribution in [0.25, 0.3) is 0 Å². The number of nitrogens with zero attached hydrogens (tertiary/aromatic N) is 3. The van der Waals surface area contributed by atoms with Gasteiger partial charge in [0.25, 0.3) is 0 Å². The molecule has 1 aromatic heterocycles. The summed E-state index contributed by atoms with van der Waals surface area (Å²) in [4.78, 5) is 2.29. The lowest BCUT2D eigenvalue weighted by Crippen LogP contribution is -2.34. The number of piperidine rings is 1. The Balaban J connectivity index is 2.26. The first-order chi connectivity index (χ1) is 6.68. The number of aromatic nitrogens is 3. The highest BCUT2D eigenvalue weighted by Gasteiger charge is 2.21. The van der Waals surface area contributed by atoms with Gasteiger partial charge in [0.15, 0.2) is 4.77 Å². The van der Waals surface area contributed by atoms with Crippen molar-refractivity contribution in [1.82, 2.24) is 19.7 Å². The number of anilines is 1. The summed E-state index contributed by atoms with van der Waals surface area (Å²) in [7, 11) is 2.12. The van der Waals surface area contributed by atoms with E-state index in [2.05, 4.69) is 22.1 Å². The van der Waals surface area contributed by atoms with Gasteiger partial charge in [-0.25, -0.2) is 5.10 Å². The molecule has 0 spiro atoms. The van der Waals surface area contributed by atoms with E-state index in [4.69, 9.17) is 18.0 Å². The number of nitrogen functional groups attached to an aromatic ring is 1. The Labute approximate surface area is 87.9 Å². The third kappa shape index (κ3) is 1.67. The predicted octanol–water partition coefficient (Wildman–Crippen LogP) is 0.790. The topological polar surface area (TPSA) is 62.9 Å². The number of nitrogens with one attached hydrogen (secondary N) is 1. The zero-order chi connectivity index (χ0) is 10.1. The number of H-pyrrole nitrogens is 1. The molecular formula is C8H15N5S. The second-order valence-corrected chi connectivity index (χ2v) is 4.20. The molecule has 3 N–H and O–H groups in total. The van der Waals surface area contributed by atoms with Crippen molar-refractivity contribution in [1.29, 1.82) is 0 Å². The summed E-state index contributed by atoms with van der Waals surface area (Å²) in [6.45, 7) is 2.15. The molecule has 78 valence electrons. The summed E-state index contributed by atoms with van der Waals surface area (Å²) in [5.74, 6) is 0.496. The highest BCUT2D eigenvalue weighted by atomic mass is 32.1. The molecule has 1 aliphatic heterocycles. The maximum absolute atomic E-state index is 5.75. The van der Waals surface area contributed by atoms with Crippen LogP contribution in [0.1, 0.15) is 18.9 Å². The van der Waals surface area contributed by atoms with Crippen LogP contribution in [0.4, 0.5) is 5.95 Å². The first-order valence-corrected chi connectivity index (χ1v) is 5.20. The van der Waals surface area contributed by atoms with Crippen LogP contribution in [-0.4, -0.2) is 39.8 Å². The lowest BCUT2D eigenvalue weighted by Gasteiger charge is -2.30. The quantitative estimate of drug-likeness (QED) is 0.677. The molecule has 14 heavy (non-hydrogen) atoms. The molecule has 0 saturated carbocycles. The van der Waals surface area contributed by atoms with Gasteiger partial charge in [0, 0.05) is 6.54 Å². The van der Waals surface area contributed by atoms with E-state index in [9.17, 15) is 0 Å². The Bertz CT molecular complexity index is 368. The molecule has 0 amide bonds. The Kier molecular flexibility index (Phi) is 2.56. The van der Waals surface area contributed by atoms with E-state index >= 15 is 0 Å². The Morgan fingerprint density at radius 2 is 2.43 bits per heavy atom. The number of aromatic amines is 1. The molecule has 0 aliphatic carbocycles. The summed E-state index contributed by atoms with van der Waals surface area (Å²) in [6, 6.07) is 0.375. The van der Waals surface area contributed by atoms with E-state index < -0.39 is 0 Å². The molecule has 0 radical (unpaired) electrons. The van der Waals surface area contributed by atoms with E-state index in [1.165, 1.54) is 6.42 Å². The molecule has 1 aliphatic rings. The molecule has 6 heteroatoms. The predicted molar refractivity (Wildman–Crippen MR) is 57.6 cm³/mol. The van der Waals surface area contributed by atoms with Gasteiger partial charge in [0.05, 0.1) is 6.04 Å². The minimum Gasteiger partial charge on any atom is -0.368 e. The molecular weight excluding hydrogens is 198 g/mol. The van der Waals surface area contributed by atoms with Crippen molar-refractivity contribution < 1.29 is 0 Å². The van der Waals surface area contributed by atoms with Gasteiger partial charge in [-0.2, -0.15) is 0 Å². The number of hydrogen-bond acceptors (Lipinski definition) is 4. The van der Waals surface area contributed by atoms with Crippen molar-refractivity contribution in [2.45, 2.75) is 18.9 Å². The maximum atomic E-state index is 5.75. The normalized spacial score (nSPS) is 23.9. The molecule has 2 heterocycles. The summed E-state index contributed by atoms with van der Waals surface area (Å²) in [5.41, 5.74) is 5.75. The van der Waals surface area contributed by atoms with Crippen molar-refractivity contribution in [3.05, 3.63) is 4.77 Å². The van der Waals surface area contributed by atoms with Crippen LogP contribution in [0.5, 0.6) is 0 Å². The zero-order valence-electron chi connectivity index (χ0n) is 8.23. The van der Waals surface area contributed by atoms with Crippen molar-refractivity contribution in [3.8, 4) is 0 Å². The first-order valence-electron chi connectivity index (χ1n) is 4.79. The van der Waals surface area contributed by atoms with E-state index in [0.717, 1.165) is 19.5 Å². The summed E-state index contributed by atoms with van der Waals surface area (Å²) in [5, 5.41) is 6.64. The first kappa shape index (κ1) is 9.67. The van der Waals surface area contributed by atoms with Crippen LogP contribution in [-0.2, 0) is 0 Å². The van der Waals surface area contributed by atoms with E-state index in [-0.39, 0.29) is 0 Å². The van der Waals surface area contributed by atoms with Crippen LogP contribution >= 0.6 is 12.2 Å². The zero-order valence-corrected chi connectivity index (χ0v) is 9.05. The highest BCUT2D eigenvalue weighted by Crippen LogP contribution is 2.22. The molecule has 2 rings (SSSR count). The standard InChI is InChI=1S/C8H15N5S/c1-12-4-2-3-6(5-12)13-7(9)10-11-8(13)14/h6H,2-5H2,1H3,(H2,9,10)(H,11,14). The Hall–Kier alpha value is -0.880. The van der Waals surface area contributed by atoms with E-state index in [1.807, 2.05) is 4.57 Å². The minimum atomic E-state index is 0.375. The number of likely N-dealkylation sites (N-methyl/N-ethyl adjacent to an activating group) is 1. The molecule has 1 aromatic rings. The van der Waals surface area contributed by atoms with Crippen molar-refractivity contribution in [2.75, 3.05) is 25.9 Å². The maximum Gasteiger partial charge on any atom is 0.220 e. The fourth-order valence-electron chi connectivity index (χ4n) is 2.02. The average molecular weight is 213 g/mol. The SMILES string of the molecule is CN1CCCC(n2c(N)n[nH]c2=S)C1. The van der Waals surface area contributed by atoms with Crippen molar-refractivity contribution in [3.63, 3.8) is 0 Å². The number of rotatable bonds is 1. The second kappa shape index (κ2) is 3.70. The molecule has 0 aromatic carbocycles. The third-order valence-corrected chi connectivity index (χ3v) is 2.98. The molecule has 0 bridgehead atoms. The Morgan fingerprint density at radius 1 is 1.64 bits per heavy atom. The number of likely N-dealkylation sites (tertiary alicyclic amines) is 1. The van der Waals surface area contributed by atoms with Gasteiger partial charge < -0.3 is 10.6 Å². The van der Waals surface area contributed by atoms with Gasteiger partial charge >= 0.3 is 0 Å². The number of hydrogen-bond donors (Lipinski definition) is 2. The van der Waals surface area contributed by atoms with Gasteiger partial charge in [0.1, 0.15) is 0 Å². The van der Waals surface area contributed by atoms with Gasteiger partial charge in [-0.1, -0.05) is 0 Å². The third-order valence-electron chi connectivity index (χ3n) is 2.70. The van der Waals surface area contributed by atoms with Gasteiger partial charge in [-0.15, -0.1) is 5.10 Å². The molecule has 1 atom stereocenters. The van der Waals surface area contributed by atoms with Gasteiger partial charge in [-0.3, -0.25) is 4.57 Å². The van der Waals surface area contributed by atoms with Crippen molar-refractivity contribution >= 4 is 18.2 Å². The molecule has 1 fully saturated rings. The van der Waals surface area contributed by atoms with Crippen LogP contribution in [0.3, 0.4) is 0 Å². The smallest absolute Gasteiger partial charge is 0.220 e. The average Bonchev–Trinajstić information content (AvgIpc) is 2.46.